The van der Waals surface area contributed by atoms with E-state index in [0.29, 0.717) is 6.54 Å². The van der Waals surface area contributed by atoms with Crippen molar-refractivity contribution in [3.63, 3.8) is 0 Å². The van der Waals surface area contributed by atoms with Crippen LogP contribution in [0.3, 0.4) is 0 Å². The van der Waals surface area contributed by atoms with Gasteiger partial charge in [0.2, 0.25) is 5.91 Å². The summed E-state index contributed by atoms with van der Waals surface area (Å²) < 4.78 is 5.09. The molecular weight excluding hydrogens is 216 g/mol. The lowest BCUT2D eigenvalue weighted by Crippen LogP contribution is -2.38. The Balaban J connectivity index is 2.13. The maximum Gasteiger partial charge on any atom is 0.234 e. The molecule has 0 atom stereocenters. The minimum atomic E-state index is -0.297. The molecule has 0 aliphatic heterocycles. The number of anilines is 1. The standard InChI is InChI=1S/C13H18N2O2/c1-15(12(16)13(9-14)7-8-13)10-3-5-11(17-2)6-4-10/h3-6H,7-9,14H2,1-2H3. The monoisotopic (exact) mass is 234 g/mol. The number of amides is 1. The van der Waals surface area contributed by atoms with Gasteiger partial charge in [0, 0.05) is 19.3 Å². The lowest BCUT2D eigenvalue weighted by Gasteiger charge is -2.22. The molecule has 17 heavy (non-hydrogen) atoms. The number of hydrogen-bond acceptors (Lipinski definition) is 3. The molecular formula is C13H18N2O2. The fraction of sp³-hybridized carbons (Fsp3) is 0.462. The van der Waals surface area contributed by atoms with Crippen LogP contribution < -0.4 is 15.4 Å². The molecule has 0 heterocycles. The summed E-state index contributed by atoms with van der Waals surface area (Å²) in [5.41, 5.74) is 6.24. The van der Waals surface area contributed by atoms with Gasteiger partial charge >= 0.3 is 0 Å². The van der Waals surface area contributed by atoms with Crippen LogP contribution in [0.1, 0.15) is 12.8 Å². The van der Waals surface area contributed by atoms with Crippen molar-refractivity contribution in [3.8, 4) is 5.75 Å². The first-order valence-electron chi connectivity index (χ1n) is 5.75. The molecule has 0 radical (unpaired) electrons. The number of carbonyl (C=O) groups excluding carboxylic acids is 1. The van der Waals surface area contributed by atoms with Crippen LogP contribution in [0.15, 0.2) is 24.3 Å². The summed E-state index contributed by atoms with van der Waals surface area (Å²) in [6, 6.07) is 7.45. The van der Waals surface area contributed by atoms with Crippen molar-refractivity contribution in [2.24, 2.45) is 11.1 Å². The number of nitrogens with two attached hydrogens (primary N) is 1. The smallest absolute Gasteiger partial charge is 0.234 e. The van der Waals surface area contributed by atoms with E-state index in [1.165, 1.54) is 0 Å². The highest BCUT2D eigenvalue weighted by molar-refractivity contribution is 5.99. The Labute approximate surface area is 101 Å². The van der Waals surface area contributed by atoms with Gasteiger partial charge in [0.1, 0.15) is 5.75 Å². The minimum Gasteiger partial charge on any atom is -0.497 e. The Bertz CT molecular complexity index is 410. The van der Waals surface area contributed by atoms with Crippen LogP contribution in [0, 0.1) is 5.41 Å². The summed E-state index contributed by atoms with van der Waals surface area (Å²) in [5, 5.41) is 0. The van der Waals surface area contributed by atoms with Gasteiger partial charge in [-0.3, -0.25) is 4.79 Å². The first-order chi connectivity index (χ1) is 8.13. The fourth-order valence-electron chi connectivity index (χ4n) is 1.94. The predicted molar refractivity (Wildman–Crippen MR) is 67.1 cm³/mol. The van der Waals surface area contributed by atoms with E-state index in [-0.39, 0.29) is 11.3 Å². The molecule has 2 rings (SSSR count). The average molecular weight is 234 g/mol. The number of methoxy groups -OCH3 is 1. The van der Waals surface area contributed by atoms with E-state index < -0.39 is 0 Å². The van der Waals surface area contributed by atoms with Gasteiger partial charge in [-0.1, -0.05) is 0 Å². The highest BCUT2D eigenvalue weighted by Crippen LogP contribution is 2.46. The molecule has 0 saturated heterocycles. The van der Waals surface area contributed by atoms with Crippen molar-refractivity contribution < 1.29 is 9.53 Å². The van der Waals surface area contributed by atoms with Gasteiger partial charge in [0.05, 0.1) is 12.5 Å². The van der Waals surface area contributed by atoms with E-state index >= 15 is 0 Å². The van der Waals surface area contributed by atoms with E-state index in [1.807, 2.05) is 24.3 Å². The lowest BCUT2D eigenvalue weighted by atomic mass is 10.1. The van der Waals surface area contributed by atoms with Gasteiger partial charge in [-0.05, 0) is 37.1 Å². The normalized spacial score (nSPS) is 16.4. The van der Waals surface area contributed by atoms with Gasteiger partial charge in [0.15, 0.2) is 0 Å². The van der Waals surface area contributed by atoms with Crippen LogP contribution in [0.2, 0.25) is 0 Å². The van der Waals surface area contributed by atoms with Crippen LogP contribution in [0.5, 0.6) is 5.75 Å². The third-order valence-electron chi connectivity index (χ3n) is 3.46. The third-order valence-corrected chi connectivity index (χ3v) is 3.46. The quantitative estimate of drug-likeness (QED) is 0.856. The Hall–Kier alpha value is -1.55. The molecule has 1 aromatic rings. The Morgan fingerprint density at radius 1 is 1.41 bits per heavy atom. The summed E-state index contributed by atoms with van der Waals surface area (Å²) in [4.78, 5) is 13.9. The van der Waals surface area contributed by atoms with Gasteiger partial charge in [0.25, 0.3) is 0 Å². The number of benzene rings is 1. The van der Waals surface area contributed by atoms with Gasteiger partial charge < -0.3 is 15.4 Å². The third kappa shape index (κ3) is 2.13. The van der Waals surface area contributed by atoms with E-state index in [1.54, 1.807) is 19.1 Å². The second-order valence-electron chi connectivity index (χ2n) is 4.55. The number of rotatable bonds is 4. The molecule has 1 saturated carbocycles. The molecule has 1 aromatic carbocycles. The summed E-state index contributed by atoms with van der Waals surface area (Å²) in [5.74, 6) is 0.903. The maximum absolute atomic E-state index is 12.2. The molecule has 4 heteroatoms. The van der Waals surface area contributed by atoms with Gasteiger partial charge in [-0.15, -0.1) is 0 Å². The first kappa shape index (κ1) is 11.9. The number of hydrogen-bond donors (Lipinski definition) is 1. The average Bonchev–Trinajstić information content (AvgIpc) is 3.18. The van der Waals surface area contributed by atoms with Gasteiger partial charge in [-0.2, -0.15) is 0 Å². The molecule has 1 aliphatic rings. The molecule has 0 bridgehead atoms. The Morgan fingerprint density at radius 3 is 2.41 bits per heavy atom. The molecule has 2 N–H and O–H groups in total. The topological polar surface area (TPSA) is 55.6 Å². The summed E-state index contributed by atoms with van der Waals surface area (Å²) >= 11 is 0. The Morgan fingerprint density at radius 2 is 2.00 bits per heavy atom. The summed E-state index contributed by atoms with van der Waals surface area (Å²) in [6.07, 6.45) is 1.81. The minimum absolute atomic E-state index is 0.116. The second kappa shape index (κ2) is 4.37. The van der Waals surface area contributed by atoms with Crippen LogP contribution >= 0.6 is 0 Å². The van der Waals surface area contributed by atoms with Crippen LogP contribution in [0.4, 0.5) is 5.69 Å². The molecule has 0 aromatic heterocycles. The van der Waals surface area contributed by atoms with Gasteiger partial charge in [-0.25, -0.2) is 0 Å². The van der Waals surface area contributed by atoms with Crippen LogP contribution in [-0.2, 0) is 4.79 Å². The molecule has 92 valence electrons. The zero-order chi connectivity index (χ0) is 12.5. The summed E-state index contributed by atoms with van der Waals surface area (Å²) in [7, 11) is 3.41. The molecule has 1 aliphatic carbocycles. The molecule has 1 fully saturated rings. The number of nitrogens with zero attached hydrogens (tertiary/aromatic N) is 1. The summed E-state index contributed by atoms with van der Waals surface area (Å²) in [6.45, 7) is 0.437. The van der Waals surface area contributed by atoms with Crippen molar-refractivity contribution in [1.29, 1.82) is 0 Å². The van der Waals surface area contributed by atoms with Crippen molar-refractivity contribution in [1.82, 2.24) is 0 Å². The predicted octanol–water partition coefficient (Wildman–Crippen LogP) is 1.40. The van der Waals surface area contributed by atoms with E-state index in [4.69, 9.17) is 10.5 Å². The van der Waals surface area contributed by atoms with E-state index in [9.17, 15) is 4.79 Å². The molecule has 0 unspecified atom stereocenters. The highest BCUT2D eigenvalue weighted by Gasteiger charge is 2.50. The van der Waals surface area contributed by atoms with Crippen LogP contribution in [-0.4, -0.2) is 26.6 Å². The maximum atomic E-state index is 12.2. The van der Waals surface area contributed by atoms with E-state index in [0.717, 1.165) is 24.3 Å². The van der Waals surface area contributed by atoms with Crippen molar-refractivity contribution in [3.05, 3.63) is 24.3 Å². The van der Waals surface area contributed by atoms with E-state index in [2.05, 4.69) is 0 Å². The van der Waals surface area contributed by atoms with Crippen LogP contribution in [0.25, 0.3) is 0 Å². The second-order valence-corrected chi connectivity index (χ2v) is 4.55. The van der Waals surface area contributed by atoms with Crippen molar-refractivity contribution in [2.75, 3.05) is 25.6 Å². The zero-order valence-corrected chi connectivity index (χ0v) is 10.3. The number of carbonyl (C=O) groups is 1. The molecule has 4 nitrogen and oxygen atoms in total. The number of ether oxygens (including phenoxy) is 1. The lowest BCUT2D eigenvalue weighted by molar-refractivity contribution is -0.123. The Kier molecular flexibility index (Phi) is 3.07. The largest absolute Gasteiger partial charge is 0.497 e. The fourth-order valence-corrected chi connectivity index (χ4v) is 1.94. The SMILES string of the molecule is COc1ccc(N(C)C(=O)C2(CN)CC2)cc1. The first-order valence-corrected chi connectivity index (χ1v) is 5.75. The van der Waals surface area contributed by atoms with Crippen molar-refractivity contribution >= 4 is 11.6 Å². The highest BCUT2D eigenvalue weighted by atomic mass is 16.5. The zero-order valence-electron chi connectivity index (χ0n) is 10.3. The molecule has 1 amide bonds. The molecule has 0 spiro atoms. The van der Waals surface area contributed by atoms with Crippen molar-refractivity contribution in [2.45, 2.75) is 12.8 Å².